The molecule has 1 fully saturated rings. The summed E-state index contributed by atoms with van der Waals surface area (Å²) in [5.74, 6) is 1.53. The summed E-state index contributed by atoms with van der Waals surface area (Å²) in [5, 5.41) is 7.21. The second kappa shape index (κ2) is 7.98. The van der Waals surface area contributed by atoms with Crippen molar-refractivity contribution in [2.45, 2.75) is 38.5 Å². The number of hydrogen-bond donors (Lipinski definition) is 2. The number of nitrogens with one attached hydrogen (secondary N) is 2. The molecular formula is C19H31N3. The Bertz CT molecular complexity index is 454. The van der Waals surface area contributed by atoms with Gasteiger partial charge in [-0.2, -0.15) is 0 Å². The van der Waals surface area contributed by atoms with Gasteiger partial charge in [-0.15, -0.1) is 0 Å². The van der Waals surface area contributed by atoms with Crippen molar-refractivity contribution in [2.24, 2.45) is 5.92 Å². The summed E-state index contributed by atoms with van der Waals surface area (Å²) in [5.41, 5.74) is 3.03. The molecule has 2 aliphatic rings. The fourth-order valence-electron chi connectivity index (χ4n) is 3.87. The molecule has 22 heavy (non-hydrogen) atoms. The summed E-state index contributed by atoms with van der Waals surface area (Å²) in [6, 6.07) is 9.01. The molecule has 2 N–H and O–H groups in total. The van der Waals surface area contributed by atoms with Crippen LogP contribution >= 0.6 is 0 Å². The normalized spacial score (nSPS) is 22.0. The van der Waals surface area contributed by atoms with Gasteiger partial charge in [0.1, 0.15) is 0 Å². The van der Waals surface area contributed by atoms with E-state index in [0.29, 0.717) is 5.92 Å². The molecule has 0 radical (unpaired) electrons. The predicted octanol–water partition coefficient (Wildman–Crippen LogP) is 2.98. The number of para-hydroxylation sites is 1. The van der Waals surface area contributed by atoms with Gasteiger partial charge in [0.25, 0.3) is 0 Å². The molecule has 1 unspecified atom stereocenters. The van der Waals surface area contributed by atoms with E-state index in [1.807, 2.05) is 0 Å². The Kier molecular flexibility index (Phi) is 5.74. The van der Waals surface area contributed by atoms with Crippen molar-refractivity contribution in [3.05, 3.63) is 29.8 Å². The van der Waals surface area contributed by atoms with Crippen LogP contribution in [-0.4, -0.2) is 39.3 Å². The van der Waals surface area contributed by atoms with Crippen LogP contribution in [0.3, 0.4) is 0 Å². The average Bonchev–Trinajstić information content (AvgIpc) is 2.92. The van der Waals surface area contributed by atoms with Gasteiger partial charge < -0.3 is 15.5 Å². The first kappa shape index (κ1) is 15.8. The lowest BCUT2D eigenvalue weighted by molar-refractivity contribution is 0.354. The van der Waals surface area contributed by atoms with E-state index < -0.39 is 0 Å². The quantitative estimate of drug-likeness (QED) is 0.811. The largest absolute Gasteiger partial charge is 0.371 e. The van der Waals surface area contributed by atoms with E-state index in [1.54, 1.807) is 5.56 Å². The molecule has 0 spiro atoms. The maximum Gasteiger partial charge on any atom is 0.0402 e. The molecule has 1 aromatic carbocycles. The van der Waals surface area contributed by atoms with E-state index in [-0.39, 0.29) is 0 Å². The van der Waals surface area contributed by atoms with E-state index in [1.165, 1.54) is 64.1 Å². The molecule has 3 heteroatoms. The van der Waals surface area contributed by atoms with Crippen LogP contribution in [0.4, 0.5) is 5.69 Å². The van der Waals surface area contributed by atoms with Gasteiger partial charge in [0, 0.05) is 31.2 Å². The van der Waals surface area contributed by atoms with Crippen LogP contribution in [0.1, 0.15) is 44.1 Å². The summed E-state index contributed by atoms with van der Waals surface area (Å²) >= 11 is 0. The first-order chi connectivity index (χ1) is 10.9. The number of anilines is 1. The number of hydrogen-bond acceptors (Lipinski definition) is 3. The topological polar surface area (TPSA) is 27.3 Å². The van der Waals surface area contributed by atoms with E-state index in [4.69, 9.17) is 0 Å². The first-order valence-corrected chi connectivity index (χ1v) is 9.13. The standard InChI is InChI=1S/C19H31N3/c1-2-3-12-22-15-17(18-6-4-5-7-19(18)22)14-21-13-16-8-10-20-11-9-16/h4-7,16-17,20-21H,2-3,8-15H2,1H3. The smallest absolute Gasteiger partial charge is 0.0402 e. The van der Waals surface area contributed by atoms with Gasteiger partial charge in [-0.1, -0.05) is 31.5 Å². The van der Waals surface area contributed by atoms with Gasteiger partial charge in [0.2, 0.25) is 0 Å². The molecule has 0 saturated carbocycles. The molecule has 0 aliphatic carbocycles. The molecule has 3 nitrogen and oxygen atoms in total. The highest BCUT2D eigenvalue weighted by molar-refractivity contribution is 5.60. The van der Waals surface area contributed by atoms with Crippen LogP contribution in [0.15, 0.2) is 24.3 Å². The van der Waals surface area contributed by atoms with E-state index in [0.717, 1.165) is 12.5 Å². The molecule has 3 rings (SSSR count). The van der Waals surface area contributed by atoms with Crippen LogP contribution < -0.4 is 15.5 Å². The monoisotopic (exact) mass is 301 g/mol. The maximum absolute atomic E-state index is 3.76. The maximum atomic E-state index is 3.76. The highest BCUT2D eigenvalue weighted by Gasteiger charge is 2.27. The van der Waals surface area contributed by atoms with Crippen molar-refractivity contribution >= 4 is 5.69 Å². The predicted molar refractivity (Wildman–Crippen MR) is 94.8 cm³/mol. The third kappa shape index (κ3) is 3.82. The Morgan fingerprint density at radius 3 is 2.82 bits per heavy atom. The van der Waals surface area contributed by atoms with Crippen LogP contribution in [0, 0.1) is 5.92 Å². The SMILES string of the molecule is CCCCN1CC(CNCC2CCNCC2)c2ccccc21. The van der Waals surface area contributed by atoms with Gasteiger partial charge in [-0.3, -0.25) is 0 Å². The van der Waals surface area contributed by atoms with Crippen molar-refractivity contribution in [1.29, 1.82) is 0 Å². The van der Waals surface area contributed by atoms with Crippen molar-refractivity contribution in [3.63, 3.8) is 0 Å². The third-order valence-corrected chi connectivity index (χ3v) is 5.22. The lowest BCUT2D eigenvalue weighted by Gasteiger charge is -2.24. The highest BCUT2D eigenvalue weighted by atomic mass is 15.2. The lowest BCUT2D eigenvalue weighted by Crippen LogP contribution is -2.35. The van der Waals surface area contributed by atoms with Gasteiger partial charge in [0.15, 0.2) is 0 Å². The molecule has 0 amide bonds. The third-order valence-electron chi connectivity index (χ3n) is 5.22. The number of piperidine rings is 1. The zero-order chi connectivity index (χ0) is 15.2. The van der Waals surface area contributed by atoms with Crippen molar-refractivity contribution < 1.29 is 0 Å². The second-order valence-electron chi connectivity index (χ2n) is 6.91. The Hall–Kier alpha value is -1.06. The summed E-state index contributed by atoms with van der Waals surface area (Å²) in [7, 11) is 0. The molecule has 122 valence electrons. The highest BCUT2D eigenvalue weighted by Crippen LogP contribution is 2.35. The minimum atomic E-state index is 0.662. The Labute approximate surface area is 135 Å². The molecule has 1 aromatic rings. The number of unbranched alkanes of at least 4 members (excludes halogenated alkanes) is 1. The number of fused-ring (bicyclic) bond motifs is 1. The van der Waals surface area contributed by atoms with Crippen LogP contribution in [0.5, 0.6) is 0 Å². The fraction of sp³-hybridized carbons (Fsp3) is 0.684. The Morgan fingerprint density at radius 2 is 2.00 bits per heavy atom. The number of nitrogens with zero attached hydrogens (tertiary/aromatic N) is 1. The van der Waals surface area contributed by atoms with Gasteiger partial charge in [-0.05, 0) is 56.4 Å². The Morgan fingerprint density at radius 1 is 1.18 bits per heavy atom. The fourth-order valence-corrected chi connectivity index (χ4v) is 3.87. The minimum absolute atomic E-state index is 0.662. The molecule has 2 aliphatic heterocycles. The molecule has 0 bridgehead atoms. The van der Waals surface area contributed by atoms with Gasteiger partial charge in [-0.25, -0.2) is 0 Å². The molecule has 0 aromatic heterocycles. The molecule has 2 heterocycles. The van der Waals surface area contributed by atoms with Crippen LogP contribution in [0.25, 0.3) is 0 Å². The van der Waals surface area contributed by atoms with E-state index in [9.17, 15) is 0 Å². The molecular weight excluding hydrogens is 270 g/mol. The summed E-state index contributed by atoms with van der Waals surface area (Å²) in [6.07, 6.45) is 5.23. The van der Waals surface area contributed by atoms with E-state index in [2.05, 4.69) is 46.7 Å². The van der Waals surface area contributed by atoms with Crippen LogP contribution in [0.2, 0.25) is 0 Å². The van der Waals surface area contributed by atoms with Crippen molar-refractivity contribution in [2.75, 3.05) is 44.2 Å². The van der Waals surface area contributed by atoms with Crippen molar-refractivity contribution in [3.8, 4) is 0 Å². The summed E-state index contributed by atoms with van der Waals surface area (Å²) < 4.78 is 0. The lowest BCUT2D eigenvalue weighted by atomic mass is 9.97. The average molecular weight is 301 g/mol. The van der Waals surface area contributed by atoms with Gasteiger partial charge in [0.05, 0.1) is 0 Å². The zero-order valence-corrected chi connectivity index (χ0v) is 14.0. The molecule has 1 atom stereocenters. The van der Waals surface area contributed by atoms with Crippen molar-refractivity contribution in [1.82, 2.24) is 10.6 Å². The minimum Gasteiger partial charge on any atom is -0.371 e. The molecule has 1 saturated heterocycles. The second-order valence-corrected chi connectivity index (χ2v) is 6.91. The Balaban J connectivity index is 1.53. The zero-order valence-electron chi connectivity index (χ0n) is 14.0. The van der Waals surface area contributed by atoms with E-state index >= 15 is 0 Å². The summed E-state index contributed by atoms with van der Waals surface area (Å²) in [4.78, 5) is 2.59. The summed E-state index contributed by atoms with van der Waals surface area (Å²) in [6.45, 7) is 9.39. The van der Waals surface area contributed by atoms with Gasteiger partial charge >= 0.3 is 0 Å². The first-order valence-electron chi connectivity index (χ1n) is 9.13. The number of benzene rings is 1. The van der Waals surface area contributed by atoms with Crippen LogP contribution in [-0.2, 0) is 0 Å². The number of rotatable bonds is 7.